The predicted molar refractivity (Wildman–Crippen MR) is 90.9 cm³/mol. The highest BCUT2D eigenvalue weighted by molar-refractivity contribution is 5.65. The van der Waals surface area contributed by atoms with Gasteiger partial charge in [-0.1, -0.05) is 18.2 Å². The van der Waals surface area contributed by atoms with Gasteiger partial charge in [0.25, 0.3) is 0 Å². The Kier molecular flexibility index (Phi) is 4.57. The average molecular weight is 323 g/mol. The van der Waals surface area contributed by atoms with E-state index >= 15 is 0 Å². The second-order valence-corrected chi connectivity index (χ2v) is 5.70. The summed E-state index contributed by atoms with van der Waals surface area (Å²) < 4.78 is 0. The molecule has 0 radical (unpaired) electrons. The van der Waals surface area contributed by atoms with Gasteiger partial charge in [0.15, 0.2) is 0 Å². The zero-order valence-electron chi connectivity index (χ0n) is 13.1. The van der Waals surface area contributed by atoms with E-state index < -0.39 is 4.92 Å². The number of rotatable bonds is 4. The summed E-state index contributed by atoms with van der Waals surface area (Å²) in [5.41, 5.74) is 0.862. The summed E-state index contributed by atoms with van der Waals surface area (Å²) in [5, 5.41) is 24.0. The van der Waals surface area contributed by atoms with Crippen LogP contribution in [-0.2, 0) is 0 Å². The zero-order valence-corrected chi connectivity index (χ0v) is 13.1. The van der Waals surface area contributed by atoms with Crippen molar-refractivity contribution >= 4 is 17.2 Å². The molecule has 7 nitrogen and oxygen atoms in total. The monoisotopic (exact) mass is 323 g/mol. The molecule has 7 heteroatoms. The molecule has 0 saturated carbocycles. The van der Waals surface area contributed by atoms with Gasteiger partial charge in [-0.25, -0.2) is 4.98 Å². The number of aromatic nitrogens is 1. The molecule has 2 heterocycles. The number of nitro groups is 1. The number of benzene rings is 1. The van der Waals surface area contributed by atoms with E-state index in [0.717, 1.165) is 18.5 Å². The number of para-hydroxylation sites is 1. The third kappa shape index (κ3) is 3.27. The summed E-state index contributed by atoms with van der Waals surface area (Å²) in [6, 6.07) is 13.3. The van der Waals surface area contributed by atoms with Crippen molar-refractivity contribution in [2.75, 3.05) is 23.3 Å². The number of hydrogen-bond acceptors (Lipinski definition) is 6. The van der Waals surface area contributed by atoms with E-state index in [2.05, 4.69) is 10.3 Å². The third-order valence-electron chi connectivity index (χ3n) is 4.07. The van der Waals surface area contributed by atoms with Gasteiger partial charge in [0, 0.05) is 31.0 Å². The Balaban J connectivity index is 1.83. The van der Waals surface area contributed by atoms with Gasteiger partial charge in [0.05, 0.1) is 4.92 Å². The van der Waals surface area contributed by atoms with Crippen molar-refractivity contribution in [2.45, 2.75) is 18.9 Å². The van der Waals surface area contributed by atoms with E-state index in [1.165, 1.54) is 12.3 Å². The Morgan fingerprint density at radius 2 is 2.12 bits per heavy atom. The van der Waals surface area contributed by atoms with Crippen molar-refractivity contribution in [3.8, 4) is 6.07 Å². The van der Waals surface area contributed by atoms with Crippen LogP contribution in [0.2, 0.25) is 0 Å². The fourth-order valence-corrected chi connectivity index (χ4v) is 3.00. The number of piperidine rings is 1. The largest absolute Gasteiger partial charge is 0.381 e. The maximum Gasteiger partial charge on any atom is 0.329 e. The van der Waals surface area contributed by atoms with Crippen molar-refractivity contribution in [2.24, 2.45) is 0 Å². The van der Waals surface area contributed by atoms with E-state index in [1.807, 2.05) is 41.3 Å². The van der Waals surface area contributed by atoms with Crippen LogP contribution in [0.4, 0.5) is 17.2 Å². The Morgan fingerprint density at radius 3 is 2.83 bits per heavy atom. The van der Waals surface area contributed by atoms with E-state index in [9.17, 15) is 10.1 Å². The molecular formula is C17H17N5O2. The molecule has 1 saturated heterocycles. The highest BCUT2D eigenvalue weighted by atomic mass is 16.6. The number of nitrogens with one attached hydrogen (secondary N) is 1. The minimum Gasteiger partial charge on any atom is -0.381 e. The first-order chi connectivity index (χ1) is 11.7. The zero-order chi connectivity index (χ0) is 16.9. The average Bonchev–Trinajstić information content (AvgIpc) is 2.62. The van der Waals surface area contributed by atoms with Gasteiger partial charge in [-0.15, -0.1) is 0 Å². The van der Waals surface area contributed by atoms with Crippen molar-refractivity contribution < 1.29 is 4.92 Å². The molecule has 3 rings (SSSR count). The van der Waals surface area contributed by atoms with Crippen molar-refractivity contribution in [3.63, 3.8) is 0 Å². The fourth-order valence-electron chi connectivity index (χ4n) is 3.00. The topological polar surface area (TPSA) is 95.1 Å². The Hall–Kier alpha value is -3.14. The van der Waals surface area contributed by atoms with Gasteiger partial charge < -0.3 is 10.2 Å². The molecule has 0 bridgehead atoms. The molecule has 1 aromatic heterocycles. The lowest BCUT2D eigenvalue weighted by molar-refractivity contribution is -0.384. The van der Waals surface area contributed by atoms with Crippen LogP contribution in [0.5, 0.6) is 0 Å². The highest BCUT2D eigenvalue weighted by Crippen LogP contribution is 2.31. The van der Waals surface area contributed by atoms with Gasteiger partial charge in [-0.05, 0) is 31.0 Å². The molecule has 1 N–H and O–H groups in total. The van der Waals surface area contributed by atoms with Crippen molar-refractivity contribution in [1.82, 2.24) is 4.98 Å². The Morgan fingerprint density at radius 1 is 1.33 bits per heavy atom. The Bertz CT molecular complexity index is 772. The molecule has 1 aliphatic heterocycles. The first-order valence-electron chi connectivity index (χ1n) is 7.79. The molecule has 1 unspecified atom stereocenters. The molecule has 1 fully saturated rings. The minimum absolute atomic E-state index is 0.0446. The summed E-state index contributed by atoms with van der Waals surface area (Å²) in [4.78, 5) is 16.9. The number of nitrogens with zero attached hydrogens (tertiary/aromatic N) is 4. The molecule has 122 valence electrons. The molecular weight excluding hydrogens is 306 g/mol. The van der Waals surface area contributed by atoms with Gasteiger partial charge in [-0.2, -0.15) is 5.26 Å². The maximum absolute atomic E-state index is 11.4. The second-order valence-electron chi connectivity index (χ2n) is 5.70. The molecule has 0 aliphatic carbocycles. The van der Waals surface area contributed by atoms with Crippen LogP contribution in [0.3, 0.4) is 0 Å². The smallest absolute Gasteiger partial charge is 0.329 e. The maximum atomic E-state index is 11.4. The lowest BCUT2D eigenvalue weighted by Gasteiger charge is -2.34. The minimum atomic E-state index is -0.519. The Labute approximate surface area is 139 Å². The van der Waals surface area contributed by atoms with Crippen LogP contribution in [0, 0.1) is 21.4 Å². The number of nitriles is 1. The van der Waals surface area contributed by atoms with E-state index in [0.29, 0.717) is 13.1 Å². The number of pyridine rings is 1. The summed E-state index contributed by atoms with van der Waals surface area (Å²) in [5.74, 6) is 0.276. The van der Waals surface area contributed by atoms with E-state index in [-0.39, 0.29) is 23.1 Å². The van der Waals surface area contributed by atoms with Crippen LogP contribution in [0.15, 0.2) is 42.6 Å². The first-order valence-corrected chi connectivity index (χ1v) is 7.79. The van der Waals surface area contributed by atoms with Gasteiger partial charge in [0.2, 0.25) is 5.82 Å². The predicted octanol–water partition coefficient (Wildman–Crippen LogP) is 2.94. The molecule has 1 aliphatic rings. The second kappa shape index (κ2) is 6.96. The summed E-state index contributed by atoms with van der Waals surface area (Å²) in [6.07, 6.45) is 3.34. The van der Waals surface area contributed by atoms with E-state index in [1.54, 1.807) is 0 Å². The first kappa shape index (κ1) is 15.7. The van der Waals surface area contributed by atoms with Crippen molar-refractivity contribution in [1.29, 1.82) is 5.26 Å². The van der Waals surface area contributed by atoms with Gasteiger partial charge in [0.1, 0.15) is 11.6 Å². The quantitative estimate of drug-likeness (QED) is 0.686. The lowest BCUT2D eigenvalue weighted by Crippen LogP contribution is -2.42. The van der Waals surface area contributed by atoms with Gasteiger partial charge in [-0.3, -0.25) is 10.1 Å². The molecule has 0 amide bonds. The molecule has 1 aromatic carbocycles. The van der Waals surface area contributed by atoms with E-state index in [4.69, 9.17) is 5.26 Å². The standard InChI is InChI=1S/C17H17N5O2/c18-11-13-8-9-19-17(16(13)22(23)24)21-10-4-7-15(12-21)20-14-5-2-1-3-6-14/h1-3,5-6,8-9,15,20H,4,7,10,12H2. The van der Waals surface area contributed by atoms with Gasteiger partial charge >= 0.3 is 5.69 Å². The van der Waals surface area contributed by atoms with Crippen molar-refractivity contribution in [3.05, 3.63) is 58.3 Å². The lowest BCUT2D eigenvalue weighted by atomic mass is 10.0. The van der Waals surface area contributed by atoms with Crippen LogP contribution < -0.4 is 10.2 Å². The van der Waals surface area contributed by atoms with Crippen LogP contribution in [0.25, 0.3) is 0 Å². The summed E-state index contributed by atoms with van der Waals surface area (Å²) in [6.45, 7) is 1.30. The summed E-state index contributed by atoms with van der Waals surface area (Å²) in [7, 11) is 0. The SMILES string of the molecule is N#Cc1ccnc(N2CCCC(Nc3ccccc3)C2)c1[N+](=O)[O-]. The van der Waals surface area contributed by atoms with Crippen LogP contribution in [-0.4, -0.2) is 29.0 Å². The normalized spacial score (nSPS) is 17.1. The van der Waals surface area contributed by atoms with Crippen LogP contribution >= 0.6 is 0 Å². The third-order valence-corrected chi connectivity index (χ3v) is 4.07. The molecule has 24 heavy (non-hydrogen) atoms. The molecule has 2 aromatic rings. The number of anilines is 2. The molecule has 0 spiro atoms. The fraction of sp³-hybridized carbons (Fsp3) is 0.294. The highest BCUT2D eigenvalue weighted by Gasteiger charge is 2.29. The summed E-state index contributed by atoms with van der Waals surface area (Å²) >= 11 is 0. The molecule has 1 atom stereocenters. The number of hydrogen-bond donors (Lipinski definition) is 1. The van der Waals surface area contributed by atoms with Crippen LogP contribution in [0.1, 0.15) is 18.4 Å².